The van der Waals surface area contributed by atoms with E-state index in [1.165, 1.54) is 0 Å². The van der Waals surface area contributed by atoms with Gasteiger partial charge in [0.05, 0.1) is 0 Å². The molecule has 0 aromatic heterocycles. The topological polar surface area (TPSA) is 17.1 Å². The van der Waals surface area contributed by atoms with E-state index in [4.69, 9.17) is 9.69 Å². The van der Waals surface area contributed by atoms with Crippen molar-refractivity contribution in [2.75, 3.05) is 0 Å². The van der Waals surface area contributed by atoms with Gasteiger partial charge in [-0.25, -0.2) is 0 Å². The maximum absolute atomic E-state index is 12.3. The number of carbonyl (C=O) groups is 1. The number of hydrogen-bond acceptors (Lipinski definition) is 1. The molecule has 0 saturated carbocycles. The summed E-state index contributed by atoms with van der Waals surface area (Å²) in [5.74, 6) is 0.0324. The van der Waals surface area contributed by atoms with Crippen LogP contribution >= 0.6 is 9.69 Å². The molecule has 0 atom stereocenters. The molecule has 0 spiro atoms. The van der Waals surface area contributed by atoms with Gasteiger partial charge in [-0.05, 0) is 0 Å². The van der Waals surface area contributed by atoms with Crippen LogP contribution in [-0.4, -0.2) is 9.89 Å². The minimum atomic E-state index is -0.585. The summed E-state index contributed by atoms with van der Waals surface area (Å²) in [5.41, 5.74) is 1.62. The number of ketones is 1. The van der Waals surface area contributed by atoms with Crippen LogP contribution < -0.4 is 0 Å². The third-order valence-electron chi connectivity index (χ3n) is 2.32. The Hall–Kier alpha value is -1.11. The molecule has 0 bridgehead atoms. The summed E-state index contributed by atoms with van der Waals surface area (Å²) in [6.45, 7) is 0. The normalized spacial score (nSPS) is 11.7. The molecule has 0 aliphatic rings. The zero-order valence-electron chi connectivity index (χ0n) is 8.91. The molecule has 1 nitrogen and oxygen atoms in total. The summed E-state index contributed by atoms with van der Waals surface area (Å²) in [7, 11) is 5.98. The Bertz CT molecular complexity index is 535. The molecule has 2 rings (SSSR count). The van der Waals surface area contributed by atoms with Gasteiger partial charge in [0.1, 0.15) is 0 Å². The molecule has 0 heterocycles. The molecule has 0 aliphatic carbocycles. The molecule has 0 radical (unpaired) electrons. The first-order chi connectivity index (χ1) is 8.33. The molecular weight excluding hydrogens is 321 g/mol. The zero-order chi connectivity index (χ0) is 12.1. The van der Waals surface area contributed by atoms with Crippen LogP contribution in [0.5, 0.6) is 0 Å². The number of rotatable bonds is 3. The van der Waals surface area contributed by atoms with Crippen molar-refractivity contribution < 1.29 is 20.5 Å². The van der Waals surface area contributed by atoms with Crippen molar-refractivity contribution >= 4 is 19.6 Å². The van der Waals surface area contributed by atoms with Gasteiger partial charge in [-0.15, -0.1) is 0 Å². The van der Waals surface area contributed by atoms with Crippen molar-refractivity contribution in [3.63, 3.8) is 0 Å². The Kier molecular flexibility index (Phi) is 4.36. The molecule has 2 aromatic carbocycles. The van der Waals surface area contributed by atoms with Gasteiger partial charge in [0, 0.05) is 0 Å². The second-order valence-corrected chi connectivity index (χ2v) is 5.42. The second-order valence-electron chi connectivity index (χ2n) is 3.43. The Morgan fingerprint density at radius 1 is 0.824 bits per heavy atom. The predicted molar refractivity (Wildman–Crippen MR) is 67.2 cm³/mol. The number of halogens is 1. The Labute approximate surface area is 112 Å². The fourth-order valence-electron chi connectivity index (χ4n) is 1.49. The van der Waals surface area contributed by atoms with Gasteiger partial charge >= 0.3 is 112 Å². The first kappa shape index (κ1) is 12.4. The van der Waals surface area contributed by atoms with Gasteiger partial charge in [0.15, 0.2) is 0 Å². The van der Waals surface area contributed by atoms with E-state index in [1.807, 2.05) is 60.7 Å². The Morgan fingerprint density at radius 2 is 1.29 bits per heavy atom. The first-order valence-corrected chi connectivity index (χ1v) is 8.19. The van der Waals surface area contributed by atoms with Gasteiger partial charge in [0.25, 0.3) is 0 Å². The summed E-state index contributed by atoms with van der Waals surface area (Å²) in [6.07, 6.45) is 0. The molecule has 2 aromatic rings. The van der Waals surface area contributed by atoms with Gasteiger partial charge in [-0.2, -0.15) is 0 Å². The van der Waals surface area contributed by atoms with Crippen LogP contribution in [0, 0.1) is 0 Å². The van der Waals surface area contributed by atoms with Gasteiger partial charge in [0.2, 0.25) is 0 Å². The van der Waals surface area contributed by atoms with Gasteiger partial charge in [-0.1, -0.05) is 0 Å². The molecule has 0 aliphatic heterocycles. The average molecular weight is 331 g/mol. The number of hydrogen-bond donors (Lipinski definition) is 0. The van der Waals surface area contributed by atoms with Crippen molar-refractivity contribution in [3.05, 3.63) is 71.8 Å². The summed E-state index contributed by atoms with van der Waals surface area (Å²) in [5, 5.41) is 0. The van der Waals surface area contributed by atoms with Crippen LogP contribution in [0.1, 0.15) is 15.9 Å². The van der Waals surface area contributed by atoms with E-state index in [-0.39, 0.29) is 5.78 Å². The van der Waals surface area contributed by atoms with E-state index in [2.05, 4.69) is 0 Å². The predicted octanol–water partition coefficient (Wildman–Crippen LogP) is 3.33. The minimum absolute atomic E-state index is 0.0324. The fraction of sp³-hybridized carbons (Fsp3) is 0. The Balaban J connectivity index is 2.37. The average Bonchev–Trinajstić information content (AvgIpc) is 2.42. The molecule has 0 fully saturated rings. The monoisotopic (exact) mass is 331 g/mol. The molecule has 3 heteroatoms. The fourth-order valence-corrected chi connectivity index (χ4v) is 3.19. The van der Waals surface area contributed by atoms with Gasteiger partial charge in [-0.3, -0.25) is 0 Å². The second kappa shape index (κ2) is 6.00. The van der Waals surface area contributed by atoms with Crippen molar-refractivity contribution in [2.45, 2.75) is 0 Å². The summed E-state index contributed by atoms with van der Waals surface area (Å²) >= 11 is -0.585. The van der Waals surface area contributed by atoms with Crippen LogP contribution in [-0.2, 0) is 15.7 Å². The van der Waals surface area contributed by atoms with Crippen LogP contribution in [0.15, 0.2) is 60.7 Å². The number of carbonyl (C=O) groups excluding carboxylic acids is 1. The molecule has 0 saturated heterocycles. The van der Waals surface area contributed by atoms with Crippen molar-refractivity contribution in [1.82, 2.24) is 0 Å². The molecular formula is C14H10ClORu. The standard InChI is InChI=1S/C14H10O.ClH.Ru/c15-14(13-9-5-2-6-10-13)11-12-7-3-1-4-8-12;;/h1-10H;1H;/q;;+1/p-1. The van der Waals surface area contributed by atoms with E-state index < -0.39 is 15.7 Å². The number of benzene rings is 2. The third-order valence-corrected chi connectivity index (χ3v) is 4.33. The van der Waals surface area contributed by atoms with Gasteiger partial charge < -0.3 is 0 Å². The van der Waals surface area contributed by atoms with E-state index >= 15 is 0 Å². The summed E-state index contributed by atoms with van der Waals surface area (Å²) in [4.78, 5) is 12.3. The van der Waals surface area contributed by atoms with E-state index in [1.54, 1.807) is 0 Å². The van der Waals surface area contributed by atoms with Crippen LogP contribution in [0.4, 0.5) is 0 Å². The van der Waals surface area contributed by atoms with Crippen molar-refractivity contribution in [3.8, 4) is 0 Å². The van der Waals surface area contributed by atoms with Crippen LogP contribution in [0.2, 0.25) is 0 Å². The third kappa shape index (κ3) is 2.97. The maximum atomic E-state index is 12.3. The van der Waals surface area contributed by atoms with E-state index in [0.29, 0.717) is 5.56 Å². The molecule has 0 unspecified atom stereocenters. The van der Waals surface area contributed by atoms with Crippen molar-refractivity contribution in [2.24, 2.45) is 0 Å². The Morgan fingerprint density at radius 3 is 1.76 bits per heavy atom. The van der Waals surface area contributed by atoms with E-state index in [9.17, 15) is 4.79 Å². The van der Waals surface area contributed by atoms with Crippen LogP contribution in [0.3, 0.4) is 0 Å². The van der Waals surface area contributed by atoms with Crippen LogP contribution in [0.25, 0.3) is 0 Å². The molecule has 0 N–H and O–H groups in total. The summed E-state index contributed by atoms with van der Waals surface area (Å²) in [6, 6.07) is 18.9. The SMILES string of the molecule is O=C([C](=[Ru][Cl])c1ccccc1)c1ccccc1. The van der Waals surface area contributed by atoms with Crippen molar-refractivity contribution in [1.29, 1.82) is 0 Å². The molecule has 17 heavy (non-hydrogen) atoms. The first-order valence-electron chi connectivity index (χ1n) is 5.09. The quantitative estimate of drug-likeness (QED) is 0.623. The van der Waals surface area contributed by atoms with E-state index in [0.717, 1.165) is 9.67 Å². The summed E-state index contributed by atoms with van der Waals surface area (Å²) < 4.78 is 0.727. The molecule has 0 amide bonds. The molecule has 87 valence electrons. The zero-order valence-corrected chi connectivity index (χ0v) is 11.4. The number of Topliss-reactive ketones (excluding diaryl/α,β-unsaturated/α-hetero) is 1.